The third-order valence-electron chi connectivity index (χ3n) is 4.91. The standard InChI is InChI=1S/C15H21N3O3/c1-15-7-8-18(4,20)13(15)17(3)12-6-5-10(9-11(12)15)21-14(19)16-2/h5-6,9,13H,7-8H2,1-4H3,(H,16,19)/t13-,15-,18?/m0/s1. The number of hydrogen-bond acceptors (Lipinski definition) is 4. The van der Waals surface area contributed by atoms with Crippen LogP contribution >= 0.6 is 0 Å². The fraction of sp³-hybridized carbons (Fsp3) is 0.533. The van der Waals surface area contributed by atoms with E-state index in [-0.39, 0.29) is 16.2 Å². The lowest BCUT2D eigenvalue weighted by molar-refractivity contribution is -0.874. The third-order valence-corrected chi connectivity index (χ3v) is 4.91. The Bertz CT molecular complexity index is 602. The summed E-state index contributed by atoms with van der Waals surface area (Å²) in [6.07, 6.45) is 0.222. The van der Waals surface area contributed by atoms with Crippen LogP contribution in [0.5, 0.6) is 5.75 Å². The normalized spacial score (nSPS) is 33.6. The monoisotopic (exact) mass is 291 g/mol. The number of fused-ring (bicyclic) bond motifs is 3. The summed E-state index contributed by atoms with van der Waals surface area (Å²) in [5.41, 5.74) is 1.93. The summed E-state index contributed by atoms with van der Waals surface area (Å²) in [5, 5.41) is 15.1. The number of likely N-dealkylation sites (tertiary alicyclic amines) is 1. The molecule has 0 radical (unpaired) electrons. The Labute approximate surface area is 124 Å². The van der Waals surface area contributed by atoms with Crippen LogP contribution in [0.4, 0.5) is 10.5 Å². The highest BCUT2D eigenvalue weighted by Gasteiger charge is 2.58. The fourth-order valence-corrected chi connectivity index (χ4v) is 4.01. The van der Waals surface area contributed by atoms with E-state index in [4.69, 9.17) is 4.74 Å². The zero-order chi connectivity index (χ0) is 15.4. The number of quaternary nitrogens is 1. The molecule has 3 atom stereocenters. The molecule has 2 aliphatic rings. The molecule has 0 saturated carbocycles. The van der Waals surface area contributed by atoms with Gasteiger partial charge in [0.25, 0.3) is 0 Å². The van der Waals surface area contributed by atoms with Crippen molar-refractivity contribution in [2.45, 2.75) is 24.9 Å². The number of hydroxylamine groups is 3. The van der Waals surface area contributed by atoms with E-state index in [0.717, 1.165) is 17.7 Å². The molecule has 1 N–H and O–H groups in total. The first-order valence-corrected chi connectivity index (χ1v) is 7.13. The molecule has 6 nitrogen and oxygen atoms in total. The minimum Gasteiger partial charge on any atom is -0.631 e. The molecule has 2 aliphatic heterocycles. The Morgan fingerprint density at radius 3 is 2.95 bits per heavy atom. The maximum atomic E-state index is 12.7. The molecular formula is C15H21N3O3. The molecule has 1 unspecified atom stereocenters. The molecule has 1 saturated heterocycles. The predicted octanol–water partition coefficient (Wildman–Crippen LogP) is 1.79. The van der Waals surface area contributed by atoms with Gasteiger partial charge >= 0.3 is 6.09 Å². The lowest BCUT2D eigenvalue weighted by Gasteiger charge is -2.44. The number of carbonyl (C=O) groups is 1. The van der Waals surface area contributed by atoms with Crippen molar-refractivity contribution in [1.29, 1.82) is 0 Å². The van der Waals surface area contributed by atoms with Crippen molar-refractivity contribution in [2.75, 3.05) is 32.6 Å². The Morgan fingerprint density at radius 1 is 1.57 bits per heavy atom. The Balaban J connectivity index is 2.03. The topological polar surface area (TPSA) is 64.6 Å². The number of carbonyl (C=O) groups excluding carboxylic acids is 1. The van der Waals surface area contributed by atoms with Gasteiger partial charge in [0.15, 0.2) is 6.17 Å². The molecule has 2 heterocycles. The highest BCUT2D eigenvalue weighted by molar-refractivity contribution is 5.72. The number of rotatable bonds is 1. The molecule has 0 bridgehead atoms. The van der Waals surface area contributed by atoms with Crippen LogP contribution in [0.1, 0.15) is 18.9 Å². The zero-order valence-corrected chi connectivity index (χ0v) is 12.8. The van der Waals surface area contributed by atoms with Crippen LogP contribution < -0.4 is 15.0 Å². The maximum Gasteiger partial charge on any atom is 0.412 e. The average Bonchev–Trinajstić information content (AvgIpc) is 2.81. The van der Waals surface area contributed by atoms with Gasteiger partial charge in [-0.1, -0.05) is 0 Å². The summed E-state index contributed by atoms with van der Waals surface area (Å²) in [7, 11) is 5.23. The average molecular weight is 291 g/mol. The molecule has 6 heteroatoms. The molecule has 0 aromatic heterocycles. The molecule has 1 aromatic carbocycles. The highest BCUT2D eigenvalue weighted by atomic mass is 16.6. The molecule has 1 amide bonds. The van der Waals surface area contributed by atoms with Crippen molar-refractivity contribution in [3.8, 4) is 5.75 Å². The lowest BCUT2D eigenvalue weighted by atomic mass is 9.81. The molecule has 1 fully saturated rings. The molecular weight excluding hydrogens is 270 g/mol. The second-order valence-corrected chi connectivity index (χ2v) is 6.37. The van der Waals surface area contributed by atoms with Crippen LogP contribution in [0.3, 0.4) is 0 Å². The van der Waals surface area contributed by atoms with Crippen LogP contribution in [-0.4, -0.2) is 44.6 Å². The van der Waals surface area contributed by atoms with E-state index in [0.29, 0.717) is 12.3 Å². The van der Waals surface area contributed by atoms with Crippen LogP contribution in [0.2, 0.25) is 0 Å². The summed E-state index contributed by atoms with van der Waals surface area (Å²) in [6.45, 7) is 2.73. The molecule has 0 aliphatic carbocycles. The molecule has 3 rings (SSSR count). The third kappa shape index (κ3) is 1.90. The van der Waals surface area contributed by atoms with Crippen molar-refractivity contribution in [2.24, 2.45) is 0 Å². The van der Waals surface area contributed by atoms with E-state index in [1.807, 2.05) is 19.2 Å². The largest absolute Gasteiger partial charge is 0.631 e. The van der Waals surface area contributed by atoms with Gasteiger partial charge in [-0.25, -0.2) is 4.79 Å². The quantitative estimate of drug-likeness (QED) is 0.633. The summed E-state index contributed by atoms with van der Waals surface area (Å²) in [4.78, 5) is 13.4. The van der Waals surface area contributed by atoms with E-state index in [9.17, 15) is 10.0 Å². The van der Waals surface area contributed by atoms with Gasteiger partial charge < -0.3 is 24.8 Å². The number of benzene rings is 1. The van der Waals surface area contributed by atoms with Crippen molar-refractivity contribution in [3.63, 3.8) is 0 Å². The van der Waals surface area contributed by atoms with Crippen LogP contribution in [0.15, 0.2) is 18.2 Å². The molecule has 114 valence electrons. The smallest absolute Gasteiger partial charge is 0.412 e. The number of ether oxygens (including phenoxy) is 1. The number of amides is 1. The number of hydrogen-bond donors (Lipinski definition) is 1. The summed E-state index contributed by atoms with van der Waals surface area (Å²) < 4.78 is 4.96. The van der Waals surface area contributed by atoms with Gasteiger partial charge in [0.05, 0.1) is 19.0 Å². The number of nitrogens with zero attached hydrogens (tertiary/aromatic N) is 2. The van der Waals surface area contributed by atoms with E-state index >= 15 is 0 Å². The molecule has 1 aromatic rings. The first-order valence-electron chi connectivity index (χ1n) is 7.13. The highest BCUT2D eigenvalue weighted by Crippen LogP contribution is 2.53. The predicted molar refractivity (Wildman–Crippen MR) is 80.1 cm³/mol. The van der Waals surface area contributed by atoms with Crippen LogP contribution in [0.25, 0.3) is 0 Å². The number of anilines is 1. The van der Waals surface area contributed by atoms with E-state index in [1.54, 1.807) is 13.1 Å². The minimum atomic E-state index is -0.487. The second-order valence-electron chi connectivity index (χ2n) is 6.37. The van der Waals surface area contributed by atoms with Crippen molar-refractivity contribution >= 4 is 11.8 Å². The van der Waals surface area contributed by atoms with Gasteiger partial charge in [-0.15, -0.1) is 0 Å². The Morgan fingerprint density at radius 2 is 2.29 bits per heavy atom. The molecule has 0 spiro atoms. The van der Waals surface area contributed by atoms with E-state index in [1.165, 1.54) is 7.05 Å². The summed E-state index contributed by atoms with van der Waals surface area (Å²) in [5.74, 6) is 0.510. The lowest BCUT2D eigenvalue weighted by Crippen LogP contribution is -2.54. The van der Waals surface area contributed by atoms with Gasteiger partial charge in [-0.05, 0) is 30.7 Å². The number of likely N-dealkylation sites (N-methyl/N-ethyl adjacent to an activating group) is 2. The second kappa shape index (κ2) is 4.35. The van der Waals surface area contributed by atoms with Crippen LogP contribution in [0, 0.1) is 5.21 Å². The summed E-state index contributed by atoms with van der Waals surface area (Å²) >= 11 is 0. The molecule has 21 heavy (non-hydrogen) atoms. The zero-order valence-electron chi connectivity index (χ0n) is 12.8. The van der Waals surface area contributed by atoms with Gasteiger partial charge in [0.1, 0.15) is 5.75 Å². The van der Waals surface area contributed by atoms with Gasteiger partial charge in [0.2, 0.25) is 0 Å². The van der Waals surface area contributed by atoms with Crippen molar-refractivity contribution in [3.05, 3.63) is 29.0 Å². The summed E-state index contributed by atoms with van der Waals surface area (Å²) in [6, 6.07) is 5.59. The van der Waals surface area contributed by atoms with Crippen molar-refractivity contribution in [1.82, 2.24) is 5.32 Å². The van der Waals surface area contributed by atoms with Crippen molar-refractivity contribution < 1.29 is 14.2 Å². The van der Waals surface area contributed by atoms with Gasteiger partial charge in [-0.2, -0.15) is 0 Å². The van der Waals surface area contributed by atoms with E-state index < -0.39 is 6.09 Å². The number of nitrogens with one attached hydrogen (secondary N) is 1. The van der Waals surface area contributed by atoms with E-state index in [2.05, 4.69) is 17.1 Å². The SMILES string of the molecule is CNC(=O)Oc1ccc2c(c1)[C@]1(C)CC[N+](C)([O-])[C@@H]1N2C. The Kier molecular flexibility index (Phi) is 2.93. The maximum absolute atomic E-state index is 12.7. The first kappa shape index (κ1) is 14.2. The van der Waals surface area contributed by atoms with Gasteiger partial charge in [-0.3, -0.25) is 0 Å². The van der Waals surface area contributed by atoms with Crippen LogP contribution in [-0.2, 0) is 5.41 Å². The fourth-order valence-electron chi connectivity index (χ4n) is 4.01. The Hall–Kier alpha value is -1.79. The first-order chi connectivity index (χ1) is 9.79. The minimum absolute atomic E-state index is 0.122. The van der Waals surface area contributed by atoms with Gasteiger partial charge in [0, 0.05) is 26.2 Å².